The van der Waals surface area contributed by atoms with Crippen molar-refractivity contribution in [3.63, 3.8) is 0 Å². The number of nitrogens with zero attached hydrogens (tertiary/aromatic N) is 4. The number of carbonyl (C=O) groups is 2. The molecule has 1 aromatic heterocycles. The first-order chi connectivity index (χ1) is 17.6. The number of anilines is 1. The van der Waals surface area contributed by atoms with Crippen LogP contribution in [0.25, 0.3) is 0 Å². The Morgan fingerprint density at radius 3 is 2.59 bits per heavy atom. The van der Waals surface area contributed by atoms with Crippen molar-refractivity contribution in [3.8, 4) is 5.75 Å². The van der Waals surface area contributed by atoms with Crippen molar-refractivity contribution in [2.45, 2.75) is 45.4 Å². The summed E-state index contributed by atoms with van der Waals surface area (Å²) in [7, 11) is 1.54. The van der Waals surface area contributed by atoms with E-state index in [1.54, 1.807) is 13.2 Å². The van der Waals surface area contributed by atoms with Gasteiger partial charge in [-0.3, -0.25) is 19.7 Å². The average molecular weight is 527 g/mol. The van der Waals surface area contributed by atoms with Gasteiger partial charge in [0.25, 0.3) is 11.6 Å². The number of non-ortho nitro benzene ring substituents is 1. The van der Waals surface area contributed by atoms with E-state index >= 15 is 0 Å². The van der Waals surface area contributed by atoms with Gasteiger partial charge in [-0.05, 0) is 43.5 Å². The molecule has 0 aliphatic heterocycles. The third-order valence-corrected chi connectivity index (χ3v) is 6.54. The van der Waals surface area contributed by atoms with Crippen LogP contribution >= 0.6 is 11.8 Å². The van der Waals surface area contributed by atoms with Gasteiger partial charge in [-0.15, -0.1) is 10.2 Å². The first-order valence-electron chi connectivity index (χ1n) is 11.7. The van der Waals surface area contributed by atoms with Gasteiger partial charge in [0.15, 0.2) is 11.0 Å². The molecular weight excluding hydrogens is 496 g/mol. The van der Waals surface area contributed by atoms with Crippen LogP contribution in [0.5, 0.6) is 5.75 Å². The van der Waals surface area contributed by atoms with Crippen LogP contribution in [-0.4, -0.2) is 44.4 Å². The fraction of sp³-hybridized carbons (Fsp3) is 0.360. The van der Waals surface area contributed by atoms with Gasteiger partial charge in [-0.2, -0.15) is 0 Å². The number of rotatable bonds is 11. The molecule has 2 aromatic carbocycles. The smallest absolute Gasteiger partial charge is 0.270 e. The predicted molar refractivity (Wildman–Crippen MR) is 141 cm³/mol. The number of benzene rings is 2. The van der Waals surface area contributed by atoms with E-state index in [1.807, 2.05) is 44.4 Å². The lowest BCUT2D eigenvalue weighted by molar-refractivity contribution is -0.384. The number of nitrogens with one attached hydrogen (secondary N) is 2. The molecule has 0 aliphatic rings. The first kappa shape index (κ1) is 27.7. The molecule has 1 atom stereocenters. The van der Waals surface area contributed by atoms with Gasteiger partial charge in [-0.25, -0.2) is 0 Å². The van der Waals surface area contributed by atoms with Gasteiger partial charge in [0.05, 0.1) is 29.5 Å². The van der Waals surface area contributed by atoms with Crippen LogP contribution in [0, 0.1) is 23.0 Å². The maximum absolute atomic E-state index is 12.9. The number of hydrogen-bond donors (Lipinski definition) is 2. The predicted octanol–water partition coefficient (Wildman–Crippen LogP) is 4.38. The monoisotopic (exact) mass is 526 g/mol. The molecule has 196 valence electrons. The van der Waals surface area contributed by atoms with Crippen molar-refractivity contribution in [1.82, 2.24) is 20.1 Å². The third kappa shape index (κ3) is 6.85. The van der Waals surface area contributed by atoms with Crippen LogP contribution in [0.4, 0.5) is 11.4 Å². The minimum Gasteiger partial charge on any atom is -0.495 e. The topological polar surface area (TPSA) is 141 Å². The summed E-state index contributed by atoms with van der Waals surface area (Å²) in [6.07, 6.45) is 0. The Labute approximate surface area is 219 Å². The number of thioether (sulfide) groups is 1. The van der Waals surface area contributed by atoms with Crippen LogP contribution in [0.3, 0.4) is 0 Å². The lowest BCUT2D eigenvalue weighted by Gasteiger charge is -2.22. The number of amides is 2. The Hall–Kier alpha value is -3.93. The number of aryl methyl sites for hydroxylation is 1. The molecule has 12 heteroatoms. The molecule has 2 N–H and O–H groups in total. The molecule has 0 fully saturated rings. The lowest BCUT2D eigenvalue weighted by atomic mass is 10.0. The highest BCUT2D eigenvalue weighted by molar-refractivity contribution is 7.99. The summed E-state index contributed by atoms with van der Waals surface area (Å²) in [5.41, 5.74) is 1.60. The van der Waals surface area contributed by atoms with Gasteiger partial charge in [0.2, 0.25) is 5.91 Å². The van der Waals surface area contributed by atoms with Gasteiger partial charge < -0.3 is 19.9 Å². The number of nitro groups is 1. The molecule has 11 nitrogen and oxygen atoms in total. The fourth-order valence-corrected chi connectivity index (χ4v) is 4.49. The van der Waals surface area contributed by atoms with E-state index in [2.05, 4.69) is 20.8 Å². The summed E-state index contributed by atoms with van der Waals surface area (Å²) in [6, 6.07) is 10.6. The average Bonchev–Trinajstić information content (AvgIpc) is 3.28. The SMILES string of the molecule is CCn1c(SCC(=O)Nc2cc(C)ccc2OC)nnc1[C@H](NC(=O)c1cccc([N+](=O)[O-])c1)C(C)C. The van der Waals surface area contributed by atoms with Crippen LogP contribution in [-0.2, 0) is 11.3 Å². The van der Waals surface area contributed by atoms with E-state index in [-0.39, 0.29) is 28.8 Å². The second-order valence-corrected chi connectivity index (χ2v) is 9.57. The number of aromatic nitrogens is 3. The summed E-state index contributed by atoms with van der Waals surface area (Å²) in [4.78, 5) is 36.1. The number of carbonyl (C=O) groups excluding carboxylic acids is 2. The summed E-state index contributed by atoms with van der Waals surface area (Å²) < 4.78 is 7.17. The quantitative estimate of drug-likeness (QED) is 0.213. The van der Waals surface area contributed by atoms with Crippen molar-refractivity contribution in [2.75, 3.05) is 18.2 Å². The Morgan fingerprint density at radius 2 is 1.95 bits per heavy atom. The van der Waals surface area contributed by atoms with E-state index in [0.29, 0.717) is 29.0 Å². The van der Waals surface area contributed by atoms with E-state index < -0.39 is 16.9 Å². The Bertz CT molecular complexity index is 1290. The van der Waals surface area contributed by atoms with E-state index in [0.717, 1.165) is 5.56 Å². The molecule has 0 saturated heterocycles. The summed E-state index contributed by atoms with van der Waals surface area (Å²) >= 11 is 1.24. The van der Waals surface area contributed by atoms with Crippen molar-refractivity contribution in [2.24, 2.45) is 5.92 Å². The highest BCUT2D eigenvalue weighted by Gasteiger charge is 2.27. The molecule has 0 saturated carbocycles. The minimum atomic E-state index is -0.543. The Morgan fingerprint density at radius 1 is 1.19 bits per heavy atom. The molecule has 0 aliphatic carbocycles. The second kappa shape index (κ2) is 12.3. The molecule has 3 rings (SSSR count). The first-order valence-corrected chi connectivity index (χ1v) is 12.7. The van der Waals surface area contributed by atoms with Crippen molar-refractivity contribution in [1.29, 1.82) is 0 Å². The zero-order valence-electron chi connectivity index (χ0n) is 21.3. The third-order valence-electron chi connectivity index (χ3n) is 5.57. The molecule has 2 amide bonds. The van der Waals surface area contributed by atoms with Crippen molar-refractivity contribution >= 4 is 35.0 Å². The molecule has 0 unspecified atom stereocenters. The lowest BCUT2D eigenvalue weighted by Crippen LogP contribution is -2.33. The summed E-state index contributed by atoms with van der Waals surface area (Å²) in [5, 5.41) is 26.0. The molecule has 0 bridgehead atoms. The van der Waals surface area contributed by atoms with Gasteiger partial charge in [0, 0.05) is 24.2 Å². The zero-order chi connectivity index (χ0) is 27.1. The van der Waals surface area contributed by atoms with Gasteiger partial charge in [0.1, 0.15) is 5.75 Å². The highest BCUT2D eigenvalue weighted by atomic mass is 32.2. The van der Waals surface area contributed by atoms with E-state index in [1.165, 1.54) is 36.0 Å². The Balaban J connectivity index is 1.74. The molecule has 1 heterocycles. The minimum absolute atomic E-state index is 0.0490. The zero-order valence-corrected chi connectivity index (χ0v) is 22.2. The summed E-state index contributed by atoms with van der Waals surface area (Å²) in [5.74, 6) is 0.491. The maximum atomic E-state index is 12.9. The van der Waals surface area contributed by atoms with E-state index in [4.69, 9.17) is 4.74 Å². The van der Waals surface area contributed by atoms with E-state index in [9.17, 15) is 19.7 Å². The number of ether oxygens (including phenoxy) is 1. The summed E-state index contributed by atoms with van der Waals surface area (Å²) in [6.45, 7) is 8.24. The van der Waals surface area contributed by atoms with Crippen LogP contribution < -0.4 is 15.4 Å². The van der Waals surface area contributed by atoms with Crippen LogP contribution in [0.2, 0.25) is 0 Å². The highest BCUT2D eigenvalue weighted by Crippen LogP contribution is 2.28. The van der Waals surface area contributed by atoms with Gasteiger partial charge in [-0.1, -0.05) is 37.7 Å². The van der Waals surface area contributed by atoms with Crippen LogP contribution in [0.1, 0.15) is 48.6 Å². The normalized spacial score (nSPS) is 11.7. The maximum Gasteiger partial charge on any atom is 0.270 e. The molecule has 37 heavy (non-hydrogen) atoms. The van der Waals surface area contributed by atoms with Crippen LogP contribution in [0.15, 0.2) is 47.6 Å². The largest absolute Gasteiger partial charge is 0.495 e. The molecular formula is C25H30N6O5S. The molecule has 3 aromatic rings. The Kier molecular flexibility index (Phi) is 9.23. The molecule has 0 spiro atoms. The molecule has 0 radical (unpaired) electrons. The second-order valence-electron chi connectivity index (χ2n) is 8.63. The van der Waals surface area contributed by atoms with Gasteiger partial charge >= 0.3 is 0 Å². The van der Waals surface area contributed by atoms with Crippen molar-refractivity contribution in [3.05, 3.63) is 69.5 Å². The van der Waals surface area contributed by atoms with Crippen molar-refractivity contribution < 1.29 is 19.2 Å². The number of nitro benzene ring substituents is 1. The fourth-order valence-electron chi connectivity index (χ4n) is 3.68. The standard InChI is InChI=1S/C25H30N6O5S/c1-6-30-23(22(15(2)3)27-24(33)17-8-7-9-18(13-17)31(34)35)28-29-25(30)37-14-21(32)26-19-12-16(4)10-11-20(19)36-5/h7-13,15,22H,6,14H2,1-5H3,(H,26,32)(H,27,33)/t22-/m1/s1. The number of hydrogen-bond acceptors (Lipinski definition) is 8. The number of methoxy groups -OCH3 is 1.